The number of rotatable bonds is 4. The summed E-state index contributed by atoms with van der Waals surface area (Å²) in [5, 5.41) is 19.8. The minimum Gasteiger partial charge on any atom is -0.292 e. The molecule has 1 unspecified atom stereocenters. The number of aromatic nitrogens is 1. The fourth-order valence-corrected chi connectivity index (χ4v) is 1.79. The zero-order valence-electron chi connectivity index (χ0n) is 10.6. The Morgan fingerprint density at radius 3 is 2.71 bits per heavy atom. The van der Waals surface area contributed by atoms with Crippen LogP contribution < -0.4 is 0 Å². The van der Waals surface area contributed by atoms with Gasteiger partial charge >= 0.3 is 0 Å². The first-order valence-electron chi connectivity index (χ1n) is 5.82. The van der Waals surface area contributed by atoms with Crippen LogP contribution in [0.25, 0.3) is 0 Å². The van der Waals surface area contributed by atoms with Gasteiger partial charge in [0, 0.05) is 17.8 Å². The van der Waals surface area contributed by atoms with Gasteiger partial charge in [-0.25, -0.2) is 4.39 Å². The maximum absolute atomic E-state index is 13.4. The van der Waals surface area contributed by atoms with Crippen LogP contribution in [0, 0.1) is 27.3 Å². The highest BCUT2D eigenvalue weighted by molar-refractivity contribution is 6.02. The quantitative estimate of drug-likeness (QED) is 0.488. The highest BCUT2D eigenvalue weighted by Crippen LogP contribution is 2.22. The number of Topliss-reactive ketones (excluding diaryl/α,β-unsaturated/α-hetero) is 1. The van der Waals surface area contributed by atoms with Gasteiger partial charge in [-0.05, 0) is 18.2 Å². The van der Waals surface area contributed by atoms with E-state index in [0.717, 1.165) is 12.1 Å². The van der Waals surface area contributed by atoms with E-state index in [1.807, 2.05) is 0 Å². The number of nitro groups is 1. The lowest BCUT2D eigenvalue weighted by Gasteiger charge is -2.07. The Hall–Kier alpha value is -3.14. The molecule has 0 aliphatic carbocycles. The summed E-state index contributed by atoms with van der Waals surface area (Å²) >= 11 is 0. The predicted molar refractivity (Wildman–Crippen MR) is 70.0 cm³/mol. The number of hydrogen-bond donors (Lipinski definition) is 0. The molecule has 7 heteroatoms. The zero-order valence-corrected chi connectivity index (χ0v) is 10.6. The van der Waals surface area contributed by atoms with Crippen molar-refractivity contribution < 1.29 is 14.1 Å². The van der Waals surface area contributed by atoms with Crippen LogP contribution in [0.1, 0.15) is 22.0 Å². The third kappa shape index (κ3) is 3.06. The van der Waals surface area contributed by atoms with Gasteiger partial charge < -0.3 is 0 Å². The molecule has 21 heavy (non-hydrogen) atoms. The van der Waals surface area contributed by atoms with Gasteiger partial charge in [0.25, 0.3) is 5.69 Å². The molecule has 1 aromatic heterocycles. The van der Waals surface area contributed by atoms with Gasteiger partial charge in [-0.15, -0.1) is 0 Å². The molecule has 1 heterocycles. The number of non-ortho nitro benzene ring substituents is 1. The average Bonchev–Trinajstić information content (AvgIpc) is 2.48. The van der Waals surface area contributed by atoms with Gasteiger partial charge in [-0.1, -0.05) is 6.07 Å². The minimum atomic E-state index is -1.24. The number of nitriles is 1. The van der Waals surface area contributed by atoms with Gasteiger partial charge in [-0.2, -0.15) is 5.26 Å². The number of carbonyl (C=O) groups is 1. The summed E-state index contributed by atoms with van der Waals surface area (Å²) < 4.78 is 13.4. The van der Waals surface area contributed by atoms with Crippen molar-refractivity contribution in [2.75, 3.05) is 0 Å². The second-order valence-corrected chi connectivity index (χ2v) is 4.14. The van der Waals surface area contributed by atoms with E-state index in [4.69, 9.17) is 5.26 Å². The molecule has 0 aliphatic heterocycles. The second kappa shape index (κ2) is 5.88. The second-order valence-electron chi connectivity index (χ2n) is 4.14. The maximum Gasteiger partial charge on any atom is 0.273 e. The van der Waals surface area contributed by atoms with Crippen molar-refractivity contribution in [1.29, 1.82) is 5.26 Å². The van der Waals surface area contributed by atoms with Crippen molar-refractivity contribution >= 4 is 11.5 Å². The van der Waals surface area contributed by atoms with E-state index >= 15 is 0 Å². The number of benzene rings is 1. The maximum atomic E-state index is 13.4. The molecule has 0 saturated heterocycles. The Morgan fingerprint density at radius 1 is 1.38 bits per heavy atom. The molecule has 1 aromatic carbocycles. The molecule has 0 saturated carbocycles. The summed E-state index contributed by atoms with van der Waals surface area (Å²) in [6.07, 6.45) is 1.42. The molecule has 0 fully saturated rings. The summed E-state index contributed by atoms with van der Waals surface area (Å²) in [5.74, 6) is -2.89. The minimum absolute atomic E-state index is 0.205. The molecule has 0 bridgehead atoms. The highest BCUT2D eigenvalue weighted by atomic mass is 19.1. The molecular weight excluding hydrogens is 277 g/mol. The monoisotopic (exact) mass is 285 g/mol. The summed E-state index contributed by atoms with van der Waals surface area (Å²) in [6, 6.07) is 9.01. The lowest BCUT2D eigenvalue weighted by molar-refractivity contribution is -0.385. The molecule has 2 rings (SSSR count). The van der Waals surface area contributed by atoms with E-state index in [9.17, 15) is 19.3 Å². The van der Waals surface area contributed by atoms with E-state index in [2.05, 4.69) is 4.98 Å². The Balaban J connectivity index is 2.44. The number of halogens is 1. The zero-order chi connectivity index (χ0) is 15.4. The fraction of sp³-hybridized carbons (Fsp3) is 0.0714. The van der Waals surface area contributed by atoms with Gasteiger partial charge in [0.05, 0.1) is 22.8 Å². The van der Waals surface area contributed by atoms with Crippen molar-refractivity contribution in [3.05, 3.63) is 69.8 Å². The van der Waals surface area contributed by atoms with Crippen LogP contribution in [0.4, 0.5) is 10.1 Å². The van der Waals surface area contributed by atoms with E-state index < -0.39 is 28.1 Å². The molecule has 0 radical (unpaired) electrons. The van der Waals surface area contributed by atoms with Crippen molar-refractivity contribution in [2.45, 2.75) is 5.92 Å². The van der Waals surface area contributed by atoms with Gasteiger partial charge in [0.1, 0.15) is 5.82 Å². The number of carbonyl (C=O) groups excluding carboxylic acids is 1. The van der Waals surface area contributed by atoms with E-state index in [1.165, 1.54) is 12.3 Å². The fourth-order valence-electron chi connectivity index (χ4n) is 1.79. The number of hydrogen-bond acceptors (Lipinski definition) is 5. The SMILES string of the molecule is N#CC(C(=O)c1cc(F)cc([N+](=O)[O-])c1)c1ccccn1. The van der Waals surface area contributed by atoms with Crippen LogP contribution in [0.2, 0.25) is 0 Å². The van der Waals surface area contributed by atoms with Crippen molar-refractivity contribution in [1.82, 2.24) is 4.98 Å². The van der Waals surface area contributed by atoms with Gasteiger partial charge in [0.15, 0.2) is 11.7 Å². The third-order valence-corrected chi connectivity index (χ3v) is 2.75. The summed E-state index contributed by atoms with van der Waals surface area (Å²) in [7, 11) is 0. The number of nitro benzene ring substituents is 1. The average molecular weight is 285 g/mol. The third-order valence-electron chi connectivity index (χ3n) is 2.75. The summed E-state index contributed by atoms with van der Waals surface area (Å²) in [5.41, 5.74) is -0.577. The molecule has 2 aromatic rings. The van der Waals surface area contributed by atoms with Crippen LogP contribution in [0.3, 0.4) is 0 Å². The normalized spacial score (nSPS) is 11.4. The van der Waals surface area contributed by atoms with Crippen LogP contribution in [-0.4, -0.2) is 15.7 Å². The molecule has 0 N–H and O–H groups in total. The Morgan fingerprint density at radius 2 is 2.14 bits per heavy atom. The van der Waals surface area contributed by atoms with Crippen LogP contribution in [0.5, 0.6) is 0 Å². The largest absolute Gasteiger partial charge is 0.292 e. The molecule has 6 nitrogen and oxygen atoms in total. The smallest absolute Gasteiger partial charge is 0.273 e. The van der Waals surface area contributed by atoms with Gasteiger partial charge in [-0.3, -0.25) is 19.9 Å². The molecule has 0 amide bonds. The topological polar surface area (TPSA) is 96.9 Å². The van der Waals surface area contributed by atoms with Crippen LogP contribution >= 0.6 is 0 Å². The lowest BCUT2D eigenvalue weighted by atomic mass is 9.95. The lowest BCUT2D eigenvalue weighted by Crippen LogP contribution is -2.13. The molecule has 0 spiro atoms. The standard InChI is InChI=1S/C14H8FN3O3/c15-10-5-9(6-11(7-10)18(20)21)14(19)12(8-16)13-3-1-2-4-17-13/h1-7,12H. The molecule has 1 atom stereocenters. The first-order chi connectivity index (χ1) is 10.0. The Bertz CT molecular complexity index is 741. The van der Waals surface area contributed by atoms with Crippen molar-refractivity contribution in [3.8, 4) is 6.07 Å². The van der Waals surface area contributed by atoms with Crippen LogP contribution in [0.15, 0.2) is 42.6 Å². The summed E-state index contributed by atoms with van der Waals surface area (Å²) in [4.78, 5) is 26.0. The number of nitrogens with zero attached hydrogens (tertiary/aromatic N) is 3. The first kappa shape index (κ1) is 14.3. The van der Waals surface area contributed by atoms with E-state index in [-0.39, 0.29) is 11.3 Å². The van der Waals surface area contributed by atoms with Gasteiger partial charge in [0.2, 0.25) is 0 Å². The molecule has 104 valence electrons. The van der Waals surface area contributed by atoms with Crippen molar-refractivity contribution in [2.24, 2.45) is 0 Å². The summed E-state index contributed by atoms with van der Waals surface area (Å²) in [6.45, 7) is 0. The highest BCUT2D eigenvalue weighted by Gasteiger charge is 2.25. The van der Waals surface area contributed by atoms with E-state index in [1.54, 1.807) is 18.2 Å². The Labute approximate surface area is 118 Å². The van der Waals surface area contributed by atoms with Crippen molar-refractivity contribution in [3.63, 3.8) is 0 Å². The number of pyridine rings is 1. The number of ketones is 1. The van der Waals surface area contributed by atoms with Crippen LogP contribution in [-0.2, 0) is 0 Å². The Kier molecular flexibility index (Phi) is 4.00. The van der Waals surface area contributed by atoms with E-state index in [0.29, 0.717) is 6.07 Å². The molecular formula is C14H8FN3O3. The predicted octanol–water partition coefficient (Wildman–Crippen LogP) is 2.62. The molecule has 0 aliphatic rings. The first-order valence-corrected chi connectivity index (χ1v) is 5.82.